The smallest absolute Gasteiger partial charge is 0.180 e. The van der Waals surface area contributed by atoms with E-state index in [2.05, 4.69) is 10.2 Å². The number of benzene rings is 1. The molecule has 2 aromatic rings. The Morgan fingerprint density at radius 1 is 1.33 bits per heavy atom. The van der Waals surface area contributed by atoms with Crippen LogP contribution in [0.25, 0.3) is 11.3 Å². The van der Waals surface area contributed by atoms with Gasteiger partial charge in [0.2, 0.25) is 0 Å². The number of rotatable bonds is 1. The Labute approximate surface area is 109 Å². The molecule has 18 heavy (non-hydrogen) atoms. The van der Waals surface area contributed by atoms with Crippen molar-refractivity contribution in [1.29, 1.82) is 0 Å². The molecule has 3 rings (SSSR count). The summed E-state index contributed by atoms with van der Waals surface area (Å²) < 4.78 is 11.1. The second-order valence-corrected chi connectivity index (χ2v) is 4.49. The normalized spacial score (nSPS) is 13.7. The van der Waals surface area contributed by atoms with E-state index in [4.69, 9.17) is 26.8 Å². The molecular formula is C12H12ClN3O2. The quantitative estimate of drug-likeness (QED) is 0.830. The summed E-state index contributed by atoms with van der Waals surface area (Å²) in [6.07, 6.45) is 0. The van der Waals surface area contributed by atoms with E-state index in [1.807, 2.05) is 13.0 Å². The molecule has 0 unspecified atom stereocenters. The Morgan fingerprint density at radius 3 is 2.83 bits per heavy atom. The van der Waals surface area contributed by atoms with Crippen molar-refractivity contribution in [2.75, 3.05) is 18.9 Å². The van der Waals surface area contributed by atoms with Gasteiger partial charge in [-0.2, -0.15) is 5.10 Å². The molecule has 1 aliphatic heterocycles. The first kappa shape index (κ1) is 11.2. The molecule has 0 spiro atoms. The molecule has 3 N–H and O–H groups in total. The molecule has 0 amide bonds. The number of aromatic nitrogens is 2. The minimum Gasteiger partial charge on any atom is -0.486 e. The Kier molecular flexibility index (Phi) is 2.56. The van der Waals surface area contributed by atoms with Crippen molar-refractivity contribution in [3.63, 3.8) is 0 Å². The van der Waals surface area contributed by atoms with E-state index in [9.17, 15) is 0 Å². The van der Waals surface area contributed by atoms with Gasteiger partial charge in [0, 0.05) is 11.6 Å². The van der Waals surface area contributed by atoms with Crippen molar-refractivity contribution in [2.24, 2.45) is 0 Å². The summed E-state index contributed by atoms with van der Waals surface area (Å²) in [7, 11) is 0. The first-order valence-corrected chi connectivity index (χ1v) is 5.94. The summed E-state index contributed by atoms with van der Waals surface area (Å²) in [6, 6.07) is 3.65. The third-order valence-corrected chi connectivity index (χ3v) is 3.20. The molecule has 1 aromatic carbocycles. The molecule has 1 aromatic heterocycles. The van der Waals surface area contributed by atoms with Crippen molar-refractivity contribution in [3.05, 3.63) is 22.7 Å². The molecule has 5 nitrogen and oxygen atoms in total. The van der Waals surface area contributed by atoms with Crippen molar-refractivity contribution in [3.8, 4) is 22.8 Å². The number of nitrogen functional groups attached to an aromatic ring is 1. The fourth-order valence-corrected chi connectivity index (χ4v) is 2.46. The van der Waals surface area contributed by atoms with Crippen LogP contribution in [0.5, 0.6) is 11.5 Å². The average molecular weight is 266 g/mol. The van der Waals surface area contributed by atoms with E-state index in [0.717, 1.165) is 16.8 Å². The Bertz CT molecular complexity index is 610. The molecule has 0 fully saturated rings. The first-order valence-electron chi connectivity index (χ1n) is 5.57. The Morgan fingerprint density at radius 2 is 2.11 bits per heavy atom. The van der Waals surface area contributed by atoms with Gasteiger partial charge in [0.15, 0.2) is 11.5 Å². The number of hydrogen-bond acceptors (Lipinski definition) is 4. The number of fused-ring (bicyclic) bond motifs is 1. The van der Waals surface area contributed by atoms with Gasteiger partial charge in [-0.15, -0.1) is 0 Å². The van der Waals surface area contributed by atoms with Gasteiger partial charge in [-0.1, -0.05) is 11.6 Å². The number of nitrogens with two attached hydrogens (primary N) is 1. The van der Waals surface area contributed by atoms with Crippen LogP contribution in [0.4, 0.5) is 5.82 Å². The lowest BCUT2D eigenvalue weighted by Gasteiger charge is -2.21. The van der Waals surface area contributed by atoms with E-state index >= 15 is 0 Å². The van der Waals surface area contributed by atoms with Crippen LogP contribution in [0, 0.1) is 6.92 Å². The summed E-state index contributed by atoms with van der Waals surface area (Å²) in [5.74, 6) is 1.69. The third-order valence-electron chi connectivity index (χ3n) is 2.84. The van der Waals surface area contributed by atoms with Gasteiger partial charge in [0.1, 0.15) is 19.0 Å². The highest BCUT2D eigenvalue weighted by Gasteiger charge is 2.22. The van der Waals surface area contributed by atoms with Crippen LogP contribution in [-0.2, 0) is 0 Å². The SMILES string of the molecule is Cc1cc2c(c(Cl)c1-c1cc(N)n[nH]1)OCCO2. The van der Waals surface area contributed by atoms with Crippen LogP contribution < -0.4 is 15.2 Å². The summed E-state index contributed by atoms with van der Waals surface area (Å²) in [5, 5.41) is 7.29. The van der Waals surface area contributed by atoms with E-state index in [1.165, 1.54) is 0 Å². The number of aromatic amines is 1. The Balaban J connectivity index is 2.20. The molecule has 0 aliphatic carbocycles. The van der Waals surface area contributed by atoms with Crippen molar-refractivity contribution in [2.45, 2.75) is 6.92 Å². The minimum atomic E-state index is 0.426. The van der Waals surface area contributed by atoms with Gasteiger partial charge < -0.3 is 15.2 Å². The topological polar surface area (TPSA) is 73.2 Å². The van der Waals surface area contributed by atoms with Gasteiger partial charge in [0.25, 0.3) is 0 Å². The van der Waals surface area contributed by atoms with Gasteiger partial charge in [-0.05, 0) is 18.6 Å². The van der Waals surface area contributed by atoms with Gasteiger partial charge >= 0.3 is 0 Å². The van der Waals surface area contributed by atoms with Gasteiger partial charge in [-0.25, -0.2) is 0 Å². The molecule has 0 saturated heterocycles. The van der Waals surface area contributed by atoms with Crippen LogP contribution in [-0.4, -0.2) is 23.4 Å². The molecule has 0 atom stereocenters. The van der Waals surface area contributed by atoms with Crippen LogP contribution in [0.15, 0.2) is 12.1 Å². The number of aryl methyl sites for hydroxylation is 1. The predicted molar refractivity (Wildman–Crippen MR) is 69.2 cm³/mol. The molecule has 2 heterocycles. The number of nitrogens with zero attached hydrogens (tertiary/aromatic N) is 1. The first-order chi connectivity index (χ1) is 8.66. The molecule has 0 saturated carbocycles. The number of nitrogens with one attached hydrogen (secondary N) is 1. The molecule has 1 aliphatic rings. The van der Waals surface area contributed by atoms with Crippen molar-refractivity contribution in [1.82, 2.24) is 10.2 Å². The number of ether oxygens (including phenoxy) is 2. The lowest BCUT2D eigenvalue weighted by molar-refractivity contribution is 0.171. The zero-order valence-corrected chi connectivity index (χ0v) is 10.5. The highest BCUT2D eigenvalue weighted by Crippen LogP contribution is 2.45. The van der Waals surface area contributed by atoms with Crippen LogP contribution in [0.2, 0.25) is 5.02 Å². The van der Waals surface area contributed by atoms with Crippen LogP contribution in [0.1, 0.15) is 5.56 Å². The summed E-state index contributed by atoms with van der Waals surface area (Å²) in [5.41, 5.74) is 8.20. The fourth-order valence-electron chi connectivity index (χ4n) is 2.06. The van der Waals surface area contributed by atoms with Gasteiger partial charge in [-0.3, -0.25) is 5.10 Å². The number of hydrogen-bond donors (Lipinski definition) is 2. The molecule has 6 heteroatoms. The lowest BCUT2D eigenvalue weighted by atomic mass is 10.0. The maximum atomic E-state index is 6.38. The molecule has 0 radical (unpaired) electrons. The summed E-state index contributed by atoms with van der Waals surface area (Å²) in [6.45, 7) is 3.00. The van der Waals surface area contributed by atoms with Crippen LogP contribution in [0.3, 0.4) is 0 Å². The zero-order valence-electron chi connectivity index (χ0n) is 9.79. The predicted octanol–water partition coefficient (Wildman–Crippen LogP) is 2.39. The second-order valence-electron chi connectivity index (χ2n) is 4.11. The summed E-state index contributed by atoms with van der Waals surface area (Å²) >= 11 is 6.38. The van der Waals surface area contributed by atoms with Crippen LogP contribution >= 0.6 is 11.6 Å². The highest BCUT2D eigenvalue weighted by molar-refractivity contribution is 6.35. The second kappa shape index (κ2) is 4.10. The third kappa shape index (κ3) is 1.67. The molecular weight excluding hydrogens is 254 g/mol. The van der Waals surface area contributed by atoms with E-state index in [-0.39, 0.29) is 0 Å². The Hall–Kier alpha value is -1.88. The zero-order chi connectivity index (χ0) is 12.7. The lowest BCUT2D eigenvalue weighted by Crippen LogP contribution is -2.16. The van der Waals surface area contributed by atoms with Crippen molar-refractivity contribution >= 4 is 17.4 Å². The van der Waals surface area contributed by atoms with Crippen molar-refractivity contribution < 1.29 is 9.47 Å². The fraction of sp³-hybridized carbons (Fsp3) is 0.250. The maximum absolute atomic E-state index is 6.38. The number of H-pyrrole nitrogens is 1. The van der Waals surface area contributed by atoms with E-state index in [0.29, 0.717) is 35.6 Å². The standard InChI is InChI=1S/C12H12ClN3O2/c1-6-4-8-12(18-3-2-17-8)11(13)10(6)7-5-9(14)16-15-7/h4-5H,2-3H2,1H3,(H3,14,15,16). The number of anilines is 1. The monoisotopic (exact) mass is 265 g/mol. The average Bonchev–Trinajstić information content (AvgIpc) is 2.76. The maximum Gasteiger partial charge on any atom is 0.180 e. The minimum absolute atomic E-state index is 0.426. The highest BCUT2D eigenvalue weighted by atomic mass is 35.5. The molecule has 94 valence electrons. The van der Waals surface area contributed by atoms with Gasteiger partial charge in [0.05, 0.1) is 10.7 Å². The van der Waals surface area contributed by atoms with E-state index in [1.54, 1.807) is 6.07 Å². The largest absolute Gasteiger partial charge is 0.486 e. The summed E-state index contributed by atoms with van der Waals surface area (Å²) in [4.78, 5) is 0. The van der Waals surface area contributed by atoms with E-state index < -0.39 is 0 Å². The number of halogens is 1. The molecule has 0 bridgehead atoms.